The Morgan fingerprint density at radius 2 is 2.00 bits per heavy atom. The first-order valence-corrected chi connectivity index (χ1v) is 7.16. The van der Waals surface area contributed by atoms with Gasteiger partial charge in [-0.3, -0.25) is 4.79 Å². The topological polar surface area (TPSA) is 32.3 Å². The summed E-state index contributed by atoms with van der Waals surface area (Å²) in [5, 5.41) is 2.77. The maximum Gasteiger partial charge on any atom is 0.393 e. The van der Waals surface area contributed by atoms with Gasteiger partial charge in [0.05, 0.1) is 12.0 Å². The molecule has 21 heavy (non-hydrogen) atoms. The minimum absolute atomic E-state index is 0.0163. The number of piperidine rings is 1. The average molecular weight is 298 g/mol. The second kappa shape index (κ2) is 5.33. The molecular formula is C15H17F3N2O. The van der Waals surface area contributed by atoms with Gasteiger partial charge in [-0.2, -0.15) is 13.2 Å². The largest absolute Gasteiger partial charge is 0.393 e. The third-order valence-electron chi connectivity index (χ3n) is 4.33. The number of carbonyl (C=O) groups excluding carboxylic acids is 1. The smallest absolute Gasteiger partial charge is 0.310 e. The van der Waals surface area contributed by atoms with Crippen LogP contribution in [0.4, 0.5) is 18.9 Å². The van der Waals surface area contributed by atoms with E-state index < -0.39 is 18.1 Å². The summed E-state index contributed by atoms with van der Waals surface area (Å²) < 4.78 is 37.9. The number of alkyl halides is 3. The summed E-state index contributed by atoms with van der Waals surface area (Å²) in [4.78, 5) is 14.2. The van der Waals surface area contributed by atoms with Crippen molar-refractivity contribution >= 4 is 11.6 Å². The number of anilines is 1. The molecule has 0 aromatic heterocycles. The summed E-state index contributed by atoms with van der Waals surface area (Å²) in [6.45, 7) is 0.439. The molecule has 1 N–H and O–H groups in total. The van der Waals surface area contributed by atoms with E-state index in [1.165, 1.54) is 0 Å². The van der Waals surface area contributed by atoms with Gasteiger partial charge in [0.25, 0.3) is 0 Å². The van der Waals surface area contributed by atoms with Crippen molar-refractivity contribution in [3.05, 3.63) is 29.8 Å². The Hall–Kier alpha value is -1.56. The number of carbonyl (C=O) groups is 1. The van der Waals surface area contributed by atoms with Crippen molar-refractivity contribution in [2.24, 2.45) is 5.92 Å². The van der Waals surface area contributed by atoms with Crippen LogP contribution in [-0.4, -0.2) is 31.2 Å². The molecule has 2 heterocycles. The number of fused-ring (bicyclic) bond motifs is 1. The van der Waals surface area contributed by atoms with E-state index in [0.717, 1.165) is 17.7 Å². The lowest BCUT2D eigenvalue weighted by molar-refractivity contribution is -0.180. The van der Waals surface area contributed by atoms with E-state index in [2.05, 4.69) is 5.32 Å². The molecule has 0 aliphatic carbocycles. The van der Waals surface area contributed by atoms with Gasteiger partial charge in [-0.1, -0.05) is 18.2 Å². The second-order valence-electron chi connectivity index (χ2n) is 5.65. The third-order valence-corrected chi connectivity index (χ3v) is 4.33. The van der Waals surface area contributed by atoms with Crippen LogP contribution >= 0.6 is 0 Å². The maximum absolute atomic E-state index is 12.6. The molecule has 0 radical (unpaired) electrons. The van der Waals surface area contributed by atoms with Crippen molar-refractivity contribution in [1.29, 1.82) is 0 Å². The predicted molar refractivity (Wildman–Crippen MR) is 73.1 cm³/mol. The third kappa shape index (κ3) is 2.77. The molecule has 1 aromatic carbocycles. The van der Waals surface area contributed by atoms with Gasteiger partial charge in [0, 0.05) is 18.8 Å². The average Bonchev–Trinajstić information content (AvgIpc) is 2.90. The zero-order valence-corrected chi connectivity index (χ0v) is 11.5. The van der Waals surface area contributed by atoms with Crippen molar-refractivity contribution in [2.75, 3.05) is 18.0 Å². The number of halogens is 3. The molecule has 1 aromatic rings. The van der Waals surface area contributed by atoms with Crippen LogP contribution in [0, 0.1) is 5.92 Å². The van der Waals surface area contributed by atoms with Crippen molar-refractivity contribution < 1.29 is 18.0 Å². The molecule has 0 spiro atoms. The Kier molecular flexibility index (Phi) is 3.65. The number of para-hydroxylation sites is 1. The van der Waals surface area contributed by atoms with Crippen molar-refractivity contribution in [2.45, 2.75) is 31.5 Å². The van der Waals surface area contributed by atoms with Crippen LogP contribution in [0.15, 0.2) is 24.3 Å². The fraction of sp³-hybridized carbons (Fsp3) is 0.533. The summed E-state index contributed by atoms with van der Waals surface area (Å²) in [7, 11) is 0. The zero-order chi connectivity index (χ0) is 15.0. The summed E-state index contributed by atoms with van der Waals surface area (Å²) in [5.41, 5.74) is 2.01. The number of hydrogen-bond acceptors (Lipinski definition) is 2. The number of benzene rings is 1. The van der Waals surface area contributed by atoms with E-state index in [9.17, 15) is 18.0 Å². The molecular weight excluding hydrogens is 281 g/mol. The summed E-state index contributed by atoms with van der Waals surface area (Å²) in [6.07, 6.45) is -3.12. The molecule has 1 amide bonds. The number of nitrogens with zero attached hydrogens (tertiary/aromatic N) is 1. The summed E-state index contributed by atoms with van der Waals surface area (Å²) in [6, 6.07) is 7.17. The molecule has 114 valence electrons. The molecule has 1 fully saturated rings. The first kappa shape index (κ1) is 14.4. The van der Waals surface area contributed by atoms with Gasteiger partial charge in [0.15, 0.2) is 0 Å². The van der Waals surface area contributed by atoms with Gasteiger partial charge in [0.1, 0.15) is 0 Å². The monoisotopic (exact) mass is 298 g/mol. The highest BCUT2D eigenvalue weighted by Gasteiger charge is 2.43. The van der Waals surface area contributed by atoms with E-state index in [1.807, 2.05) is 24.3 Å². The Morgan fingerprint density at radius 1 is 1.24 bits per heavy atom. The normalized spacial score (nSPS) is 25.8. The lowest BCUT2D eigenvalue weighted by Gasteiger charge is -2.32. The second-order valence-corrected chi connectivity index (χ2v) is 5.65. The SMILES string of the molecule is O=C(C1CCC(C(F)(F)F)CN1)N1CCc2ccccc21. The molecule has 3 rings (SSSR count). The van der Waals surface area contributed by atoms with Crippen LogP contribution in [0.5, 0.6) is 0 Å². The number of nitrogens with one attached hydrogen (secondary N) is 1. The Bertz CT molecular complexity index is 536. The minimum Gasteiger partial charge on any atom is -0.310 e. The predicted octanol–water partition coefficient (Wildman–Crippen LogP) is 2.51. The van der Waals surface area contributed by atoms with E-state index >= 15 is 0 Å². The zero-order valence-electron chi connectivity index (χ0n) is 11.5. The van der Waals surface area contributed by atoms with Crippen LogP contribution in [0.2, 0.25) is 0 Å². The molecule has 2 aliphatic rings. The number of rotatable bonds is 1. The van der Waals surface area contributed by atoms with E-state index in [4.69, 9.17) is 0 Å². The van der Waals surface area contributed by atoms with Crippen LogP contribution in [0.1, 0.15) is 18.4 Å². The highest BCUT2D eigenvalue weighted by molar-refractivity contribution is 5.99. The number of hydrogen-bond donors (Lipinski definition) is 1. The van der Waals surface area contributed by atoms with E-state index in [-0.39, 0.29) is 25.3 Å². The lowest BCUT2D eigenvalue weighted by Crippen LogP contribution is -2.52. The van der Waals surface area contributed by atoms with Crippen LogP contribution in [0.25, 0.3) is 0 Å². The molecule has 2 atom stereocenters. The minimum atomic E-state index is -4.18. The molecule has 6 heteroatoms. The van der Waals surface area contributed by atoms with Gasteiger partial charge in [-0.25, -0.2) is 0 Å². The lowest BCUT2D eigenvalue weighted by atomic mass is 9.93. The molecule has 2 unspecified atom stereocenters. The summed E-state index contributed by atoms with van der Waals surface area (Å²) in [5.74, 6) is -1.45. The first-order valence-electron chi connectivity index (χ1n) is 7.16. The first-order chi connectivity index (χ1) is 9.97. The summed E-state index contributed by atoms with van der Waals surface area (Å²) >= 11 is 0. The van der Waals surface area contributed by atoms with E-state index in [1.54, 1.807) is 4.90 Å². The van der Waals surface area contributed by atoms with Gasteiger partial charge in [-0.05, 0) is 30.9 Å². The van der Waals surface area contributed by atoms with Gasteiger partial charge < -0.3 is 10.2 Å². The van der Waals surface area contributed by atoms with Gasteiger partial charge >= 0.3 is 6.18 Å². The van der Waals surface area contributed by atoms with E-state index in [0.29, 0.717) is 6.54 Å². The van der Waals surface area contributed by atoms with Crippen LogP contribution < -0.4 is 10.2 Å². The van der Waals surface area contributed by atoms with Crippen molar-refractivity contribution in [1.82, 2.24) is 5.32 Å². The molecule has 0 saturated carbocycles. The van der Waals surface area contributed by atoms with Crippen LogP contribution in [0.3, 0.4) is 0 Å². The van der Waals surface area contributed by atoms with Crippen molar-refractivity contribution in [3.8, 4) is 0 Å². The quantitative estimate of drug-likeness (QED) is 0.864. The maximum atomic E-state index is 12.6. The highest BCUT2D eigenvalue weighted by atomic mass is 19.4. The van der Waals surface area contributed by atoms with Crippen molar-refractivity contribution in [3.63, 3.8) is 0 Å². The molecule has 3 nitrogen and oxygen atoms in total. The van der Waals surface area contributed by atoms with Crippen LogP contribution in [-0.2, 0) is 11.2 Å². The van der Waals surface area contributed by atoms with Gasteiger partial charge in [0.2, 0.25) is 5.91 Å². The Morgan fingerprint density at radius 3 is 2.67 bits per heavy atom. The standard InChI is InChI=1S/C15H17F3N2O/c16-15(17,18)11-5-6-12(19-9-11)14(21)20-8-7-10-3-1-2-4-13(10)20/h1-4,11-12,19H,5-9H2. The van der Waals surface area contributed by atoms with Gasteiger partial charge in [-0.15, -0.1) is 0 Å². The Balaban J connectivity index is 1.66. The molecule has 2 aliphatic heterocycles. The molecule has 1 saturated heterocycles. The molecule has 0 bridgehead atoms. The number of amides is 1. The highest BCUT2D eigenvalue weighted by Crippen LogP contribution is 2.33. The Labute approximate surface area is 121 Å². The fourth-order valence-corrected chi connectivity index (χ4v) is 3.10. The fourth-order valence-electron chi connectivity index (χ4n) is 3.10.